The van der Waals surface area contributed by atoms with Gasteiger partial charge in [-0.05, 0) is 18.1 Å². The molecule has 16 heavy (non-hydrogen) atoms. The molecular formula is C11H16ClN3O. The van der Waals surface area contributed by atoms with Gasteiger partial charge in [-0.3, -0.25) is 4.79 Å². The van der Waals surface area contributed by atoms with Crippen molar-refractivity contribution in [3.63, 3.8) is 0 Å². The number of aromatic nitrogens is 1. The Labute approximate surface area is 100 Å². The van der Waals surface area contributed by atoms with Gasteiger partial charge < -0.3 is 11.1 Å². The third kappa shape index (κ3) is 3.47. The number of nitrogens with zero attached hydrogens (tertiary/aromatic N) is 1. The minimum atomic E-state index is -0.208. The first-order valence-electron chi connectivity index (χ1n) is 5.17. The summed E-state index contributed by atoms with van der Waals surface area (Å²) in [6, 6.07) is 3.26. The maximum absolute atomic E-state index is 11.8. The van der Waals surface area contributed by atoms with Crippen LogP contribution in [-0.2, 0) is 4.79 Å². The van der Waals surface area contributed by atoms with E-state index in [1.54, 1.807) is 18.3 Å². The van der Waals surface area contributed by atoms with Crippen molar-refractivity contribution in [2.75, 3.05) is 11.9 Å². The molecule has 0 spiro atoms. The molecule has 1 aromatic heterocycles. The predicted molar refractivity (Wildman–Crippen MR) is 65.3 cm³/mol. The Morgan fingerprint density at radius 3 is 2.81 bits per heavy atom. The molecule has 1 aromatic rings. The van der Waals surface area contributed by atoms with Gasteiger partial charge in [0, 0.05) is 17.8 Å². The molecule has 0 fully saturated rings. The summed E-state index contributed by atoms with van der Waals surface area (Å²) in [6.07, 6.45) is 1.55. The number of carbonyl (C=O) groups is 1. The molecule has 0 aliphatic carbocycles. The molecule has 0 bridgehead atoms. The molecule has 88 valence electrons. The molecule has 3 N–H and O–H groups in total. The third-order valence-corrected chi connectivity index (χ3v) is 2.60. The summed E-state index contributed by atoms with van der Waals surface area (Å²) in [7, 11) is 0. The molecule has 0 saturated heterocycles. The number of amides is 1. The van der Waals surface area contributed by atoms with E-state index in [0.717, 1.165) is 0 Å². The largest absolute Gasteiger partial charge is 0.330 e. The van der Waals surface area contributed by atoms with Gasteiger partial charge in [-0.15, -0.1) is 0 Å². The molecule has 0 aliphatic heterocycles. The van der Waals surface area contributed by atoms with Crippen LogP contribution in [0.25, 0.3) is 0 Å². The Hall–Kier alpha value is -1.13. The number of nitrogens with one attached hydrogen (secondary N) is 1. The summed E-state index contributed by atoms with van der Waals surface area (Å²) in [5.74, 6) is 0.328. The number of hydrogen-bond acceptors (Lipinski definition) is 3. The monoisotopic (exact) mass is 241 g/mol. The summed E-state index contributed by atoms with van der Waals surface area (Å²) in [5, 5.41) is 3.24. The number of rotatable bonds is 4. The van der Waals surface area contributed by atoms with Gasteiger partial charge in [0.2, 0.25) is 5.91 Å². The lowest BCUT2D eigenvalue weighted by atomic mass is 9.95. The van der Waals surface area contributed by atoms with Crippen molar-refractivity contribution < 1.29 is 4.79 Å². The number of carbonyl (C=O) groups excluding carboxylic acids is 1. The van der Waals surface area contributed by atoms with Gasteiger partial charge in [0.15, 0.2) is 0 Å². The van der Waals surface area contributed by atoms with E-state index in [9.17, 15) is 4.79 Å². The van der Waals surface area contributed by atoms with Crippen LogP contribution in [0.2, 0.25) is 5.02 Å². The van der Waals surface area contributed by atoms with E-state index in [0.29, 0.717) is 17.4 Å². The SMILES string of the molecule is CC(C)C(CN)C(=O)Nc1cc(Cl)ccn1. The van der Waals surface area contributed by atoms with Crippen LogP contribution < -0.4 is 11.1 Å². The highest BCUT2D eigenvalue weighted by Crippen LogP contribution is 2.15. The average molecular weight is 242 g/mol. The van der Waals surface area contributed by atoms with E-state index < -0.39 is 0 Å². The maximum atomic E-state index is 11.8. The quantitative estimate of drug-likeness (QED) is 0.846. The number of anilines is 1. The van der Waals surface area contributed by atoms with Crippen LogP contribution in [0.4, 0.5) is 5.82 Å². The highest BCUT2D eigenvalue weighted by Gasteiger charge is 2.20. The Kier molecular flexibility index (Phi) is 4.71. The highest BCUT2D eigenvalue weighted by atomic mass is 35.5. The lowest BCUT2D eigenvalue weighted by Gasteiger charge is -2.17. The van der Waals surface area contributed by atoms with Gasteiger partial charge in [-0.25, -0.2) is 4.98 Å². The van der Waals surface area contributed by atoms with Crippen molar-refractivity contribution in [1.82, 2.24) is 4.98 Å². The predicted octanol–water partition coefficient (Wildman–Crippen LogP) is 1.90. The molecule has 0 radical (unpaired) electrons. The molecule has 0 aliphatic rings. The Bertz CT molecular complexity index is 368. The smallest absolute Gasteiger partial charge is 0.230 e. The zero-order valence-electron chi connectivity index (χ0n) is 9.40. The van der Waals surface area contributed by atoms with Crippen LogP contribution in [-0.4, -0.2) is 17.4 Å². The van der Waals surface area contributed by atoms with Crippen LogP contribution >= 0.6 is 11.6 Å². The second-order valence-corrected chi connectivity index (χ2v) is 4.37. The van der Waals surface area contributed by atoms with Crippen molar-refractivity contribution in [1.29, 1.82) is 0 Å². The molecule has 1 atom stereocenters. The van der Waals surface area contributed by atoms with Gasteiger partial charge in [0.25, 0.3) is 0 Å². The molecule has 1 unspecified atom stereocenters. The summed E-state index contributed by atoms with van der Waals surface area (Å²) < 4.78 is 0. The van der Waals surface area contributed by atoms with Gasteiger partial charge in [-0.2, -0.15) is 0 Å². The average Bonchev–Trinajstić information content (AvgIpc) is 2.17. The van der Waals surface area contributed by atoms with Crippen molar-refractivity contribution in [3.8, 4) is 0 Å². The normalized spacial score (nSPS) is 12.6. The zero-order valence-corrected chi connectivity index (χ0v) is 10.2. The topological polar surface area (TPSA) is 68.0 Å². The van der Waals surface area contributed by atoms with Gasteiger partial charge >= 0.3 is 0 Å². The number of halogens is 1. The molecule has 0 saturated carbocycles. The van der Waals surface area contributed by atoms with Crippen LogP contribution in [0.15, 0.2) is 18.3 Å². The van der Waals surface area contributed by atoms with Gasteiger partial charge in [0.1, 0.15) is 5.82 Å². The fourth-order valence-corrected chi connectivity index (χ4v) is 1.53. The molecule has 1 amide bonds. The van der Waals surface area contributed by atoms with Gasteiger partial charge in [-0.1, -0.05) is 25.4 Å². The second kappa shape index (κ2) is 5.82. The fraction of sp³-hybridized carbons (Fsp3) is 0.455. The van der Waals surface area contributed by atoms with Crippen molar-refractivity contribution in [3.05, 3.63) is 23.4 Å². The molecule has 0 aromatic carbocycles. The summed E-state index contributed by atoms with van der Waals surface area (Å²) >= 11 is 5.79. The summed E-state index contributed by atoms with van der Waals surface area (Å²) in [6.45, 7) is 4.25. The lowest BCUT2D eigenvalue weighted by Crippen LogP contribution is -2.33. The van der Waals surface area contributed by atoms with E-state index in [1.807, 2.05) is 13.8 Å². The zero-order chi connectivity index (χ0) is 12.1. The van der Waals surface area contributed by atoms with Crippen LogP contribution in [0.1, 0.15) is 13.8 Å². The first-order chi connectivity index (χ1) is 7.54. The van der Waals surface area contributed by atoms with E-state index >= 15 is 0 Å². The molecular weight excluding hydrogens is 226 g/mol. The fourth-order valence-electron chi connectivity index (χ4n) is 1.37. The first kappa shape index (κ1) is 12.9. The lowest BCUT2D eigenvalue weighted by molar-refractivity contribution is -0.120. The first-order valence-corrected chi connectivity index (χ1v) is 5.55. The standard InChI is InChI=1S/C11H16ClN3O/c1-7(2)9(6-13)11(16)15-10-5-8(12)3-4-14-10/h3-5,7,9H,6,13H2,1-2H3,(H,14,15,16). The minimum Gasteiger partial charge on any atom is -0.330 e. The molecule has 5 heteroatoms. The summed E-state index contributed by atoms with van der Waals surface area (Å²) in [4.78, 5) is 15.8. The van der Waals surface area contributed by atoms with Crippen molar-refractivity contribution in [2.24, 2.45) is 17.6 Å². The second-order valence-electron chi connectivity index (χ2n) is 3.93. The van der Waals surface area contributed by atoms with E-state index in [1.165, 1.54) is 0 Å². The number of pyridine rings is 1. The van der Waals surface area contributed by atoms with Crippen molar-refractivity contribution >= 4 is 23.3 Å². The highest BCUT2D eigenvalue weighted by molar-refractivity contribution is 6.30. The summed E-state index contributed by atoms with van der Waals surface area (Å²) in [5.41, 5.74) is 5.55. The number of hydrogen-bond donors (Lipinski definition) is 2. The molecule has 1 heterocycles. The van der Waals surface area contributed by atoms with Crippen LogP contribution in [0.3, 0.4) is 0 Å². The molecule has 4 nitrogen and oxygen atoms in total. The van der Waals surface area contributed by atoms with Gasteiger partial charge in [0.05, 0.1) is 5.92 Å². The van der Waals surface area contributed by atoms with Crippen LogP contribution in [0, 0.1) is 11.8 Å². The van der Waals surface area contributed by atoms with E-state index in [2.05, 4.69) is 10.3 Å². The van der Waals surface area contributed by atoms with Crippen LogP contribution in [0.5, 0.6) is 0 Å². The maximum Gasteiger partial charge on any atom is 0.230 e. The Morgan fingerprint density at radius 1 is 1.62 bits per heavy atom. The van der Waals surface area contributed by atoms with Crippen molar-refractivity contribution in [2.45, 2.75) is 13.8 Å². The Morgan fingerprint density at radius 2 is 2.31 bits per heavy atom. The third-order valence-electron chi connectivity index (χ3n) is 2.37. The van der Waals surface area contributed by atoms with E-state index in [4.69, 9.17) is 17.3 Å². The Balaban J connectivity index is 2.70. The number of nitrogens with two attached hydrogens (primary N) is 1. The molecule has 1 rings (SSSR count). The minimum absolute atomic E-state index is 0.118. The van der Waals surface area contributed by atoms with E-state index in [-0.39, 0.29) is 17.7 Å².